The molecule has 15 heavy (non-hydrogen) atoms. The number of amides is 1. The van der Waals surface area contributed by atoms with E-state index in [9.17, 15) is 4.79 Å². The van der Waals surface area contributed by atoms with Crippen molar-refractivity contribution in [1.82, 2.24) is 0 Å². The lowest BCUT2D eigenvalue weighted by Gasteiger charge is -2.25. The Bertz CT molecular complexity index is 255. The van der Waals surface area contributed by atoms with E-state index in [1.807, 2.05) is 6.92 Å². The Morgan fingerprint density at radius 3 is 2.60 bits per heavy atom. The summed E-state index contributed by atoms with van der Waals surface area (Å²) in [5, 5.41) is 0. The van der Waals surface area contributed by atoms with Gasteiger partial charge in [-0.2, -0.15) is 0 Å². The Morgan fingerprint density at radius 2 is 2.20 bits per heavy atom. The summed E-state index contributed by atoms with van der Waals surface area (Å²) < 4.78 is 0. The van der Waals surface area contributed by atoms with Crippen LogP contribution in [0.1, 0.15) is 46.5 Å². The molecule has 2 heteroatoms. The van der Waals surface area contributed by atoms with Crippen molar-refractivity contribution in [3.63, 3.8) is 0 Å². The standard InChI is InChI=1S/C13H23NO/c1-9(2)8-11-4-6-12(7-5-11)10(3)13(14)15/h6,9-11H,4-5,7-8H2,1-3H3,(H2,14,15)/t10-,11-/m0/s1. The zero-order chi connectivity index (χ0) is 11.4. The van der Waals surface area contributed by atoms with Gasteiger partial charge in [-0.3, -0.25) is 4.79 Å². The summed E-state index contributed by atoms with van der Waals surface area (Å²) in [7, 11) is 0. The third kappa shape index (κ3) is 3.69. The highest BCUT2D eigenvalue weighted by Gasteiger charge is 2.21. The molecular formula is C13H23NO. The lowest BCUT2D eigenvalue weighted by Crippen LogP contribution is -2.24. The Hall–Kier alpha value is -0.790. The molecule has 0 aliphatic heterocycles. The second kappa shape index (κ2) is 5.34. The number of nitrogens with two attached hydrogens (primary N) is 1. The van der Waals surface area contributed by atoms with Gasteiger partial charge in [0.2, 0.25) is 5.91 Å². The van der Waals surface area contributed by atoms with E-state index in [-0.39, 0.29) is 11.8 Å². The number of primary amides is 1. The summed E-state index contributed by atoms with van der Waals surface area (Å²) in [5.74, 6) is 1.33. The Kier molecular flexibility index (Phi) is 4.37. The van der Waals surface area contributed by atoms with Crippen molar-refractivity contribution in [3.8, 4) is 0 Å². The number of hydrogen-bond donors (Lipinski definition) is 1. The van der Waals surface area contributed by atoms with Gasteiger partial charge in [-0.15, -0.1) is 0 Å². The van der Waals surface area contributed by atoms with Crippen LogP contribution >= 0.6 is 0 Å². The number of rotatable bonds is 4. The fourth-order valence-electron chi connectivity index (χ4n) is 2.37. The number of carbonyl (C=O) groups excluding carboxylic acids is 1. The lowest BCUT2D eigenvalue weighted by atomic mass is 9.81. The summed E-state index contributed by atoms with van der Waals surface area (Å²) in [5.41, 5.74) is 6.55. The number of allylic oxidation sites excluding steroid dienone is 1. The van der Waals surface area contributed by atoms with Crippen molar-refractivity contribution in [3.05, 3.63) is 11.6 Å². The van der Waals surface area contributed by atoms with Crippen molar-refractivity contribution < 1.29 is 4.79 Å². The van der Waals surface area contributed by atoms with Gasteiger partial charge < -0.3 is 5.73 Å². The van der Waals surface area contributed by atoms with Crippen molar-refractivity contribution in [2.24, 2.45) is 23.5 Å². The highest BCUT2D eigenvalue weighted by molar-refractivity contribution is 5.79. The number of carbonyl (C=O) groups is 1. The molecule has 0 aromatic rings. The van der Waals surface area contributed by atoms with Crippen molar-refractivity contribution >= 4 is 5.91 Å². The van der Waals surface area contributed by atoms with Gasteiger partial charge in [0.15, 0.2) is 0 Å². The van der Waals surface area contributed by atoms with E-state index in [1.165, 1.54) is 18.4 Å². The van der Waals surface area contributed by atoms with Gasteiger partial charge >= 0.3 is 0 Å². The van der Waals surface area contributed by atoms with Crippen LogP contribution in [0.25, 0.3) is 0 Å². The van der Waals surface area contributed by atoms with Gasteiger partial charge in [0.05, 0.1) is 5.92 Å². The Labute approximate surface area is 92.9 Å². The first-order chi connectivity index (χ1) is 7.00. The average Bonchev–Trinajstić information content (AvgIpc) is 2.17. The van der Waals surface area contributed by atoms with Crippen LogP contribution in [0.2, 0.25) is 0 Å². The maximum absolute atomic E-state index is 11.0. The van der Waals surface area contributed by atoms with Gasteiger partial charge in [0.25, 0.3) is 0 Å². The molecule has 1 amide bonds. The molecule has 0 saturated heterocycles. The summed E-state index contributed by atoms with van der Waals surface area (Å²) in [6.07, 6.45) is 6.95. The fourth-order valence-corrected chi connectivity index (χ4v) is 2.37. The van der Waals surface area contributed by atoms with Crippen LogP contribution in [0.3, 0.4) is 0 Å². The number of hydrogen-bond acceptors (Lipinski definition) is 1. The summed E-state index contributed by atoms with van der Waals surface area (Å²) in [4.78, 5) is 11.0. The molecule has 2 N–H and O–H groups in total. The molecule has 0 aromatic heterocycles. The SMILES string of the molecule is CC(C)C[C@H]1CC=C([C@H](C)C(N)=O)CC1. The fraction of sp³-hybridized carbons (Fsp3) is 0.769. The van der Waals surface area contributed by atoms with Crippen LogP contribution in [-0.4, -0.2) is 5.91 Å². The minimum atomic E-state index is -0.191. The van der Waals surface area contributed by atoms with Gasteiger partial charge in [0, 0.05) is 0 Å². The van der Waals surface area contributed by atoms with Crippen LogP contribution in [0.15, 0.2) is 11.6 Å². The highest BCUT2D eigenvalue weighted by atomic mass is 16.1. The van der Waals surface area contributed by atoms with E-state index in [0.29, 0.717) is 0 Å². The third-order valence-corrected chi connectivity index (χ3v) is 3.34. The molecule has 0 bridgehead atoms. The van der Waals surface area contributed by atoms with E-state index < -0.39 is 0 Å². The normalized spacial score (nSPS) is 23.7. The zero-order valence-corrected chi connectivity index (χ0v) is 10.1. The van der Waals surface area contributed by atoms with Crippen LogP contribution < -0.4 is 5.73 Å². The van der Waals surface area contributed by atoms with Crippen molar-refractivity contribution in [2.45, 2.75) is 46.5 Å². The molecule has 2 nitrogen and oxygen atoms in total. The minimum absolute atomic E-state index is 0.0648. The monoisotopic (exact) mass is 209 g/mol. The predicted octanol–water partition coefficient (Wildman–Crippen LogP) is 2.88. The van der Waals surface area contributed by atoms with Crippen LogP contribution in [0.4, 0.5) is 0 Å². The van der Waals surface area contributed by atoms with Crippen LogP contribution in [0, 0.1) is 17.8 Å². The quantitative estimate of drug-likeness (QED) is 0.711. The molecule has 0 radical (unpaired) electrons. The van der Waals surface area contributed by atoms with E-state index in [2.05, 4.69) is 19.9 Å². The second-order valence-electron chi connectivity index (χ2n) is 5.17. The maximum atomic E-state index is 11.0. The molecule has 0 aromatic carbocycles. The maximum Gasteiger partial charge on any atom is 0.224 e. The first-order valence-electron chi connectivity index (χ1n) is 5.99. The molecule has 1 rings (SSSR count). The predicted molar refractivity (Wildman–Crippen MR) is 63.2 cm³/mol. The second-order valence-corrected chi connectivity index (χ2v) is 5.17. The smallest absolute Gasteiger partial charge is 0.224 e. The molecule has 0 heterocycles. The first-order valence-corrected chi connectivity index (χ1v) is 5.99. The molecule has 0 unspecified atom stereocenters. The molecule has 86 valence electrons. The van der Waals surface area contributed by atoms with Crippen molar-refractivity contribution in [2.75, 3.05) is 0 Å². The van der Waals surface area contributed by atoms with Crippen molar-refractivity contribution in [1.29, 1.82) is 0 Å². The molecule has 1 aliphatic carbocycles. The van der Waals surface area contributed by atoms with Gasteiger partial charge in [-0.05, 0) is 44.4 Å². The highest BCUT2D eigenvalue weighted by Crippen LogP contribution is 2.31. The molecular weight excluding hydrogens is 186 g/mol. The van der Waals surface area contributed by atoms with E-state index in [0.717, 1.165) is 24.7 Å². The molecule has 0 fully saturated rings. The van der Waals surface area contributed by atoms with Crippen LogP contribution in [-0.2, 0) is 4.79 Å². The van der Waals surface area contributed by atoms with E-state index >= 15 is 0 Å². The molecule has 1 aliphatic rings. The van der Waals surface area contributed by atoms with Crippen LogP contribution in [0.5, 0.6) is 0 Å². The summed E-state index contributed by atoms with van der Waals surface area (Å²) in [6, 6.07) is 0. The topological polar surface area (TPSA) is 43.1 Å². The first kappa shape index (κ1) is 12.3. The van der Waals surface area contributed by atoms with E-state index in [4.69, 9.17) is 5.73 Å². The Morgan fingerprint density at radius 1 is 1.53 bits per heavy atom. The minimum Gasteiger partial charge on any atom is -0.369 e. The zero-order valence-electron chi connectivity index (χ0n) is 10.1. The average molecular weight is 209 g/mol. The molecule has 0 saturated carbocycles. The largest absolute Gasteiger partial charge is 0.369 e. The summed E-state index contributed by atoms with van der Waals surface area (Å²) in [6.45, 7) is 6.45. The Balaban J connectivity index is 2.48. The van der Waals surface area contributed by atoms with Gasteiger partial charge in [-0.1, -0.05) is 25.5 Å². The van der Waals surface area contributed by atoms with Gasteiger partial charge in [0.1, 0.15) is 0 Å². The lowest BCUT2D eigenvalue weighted by molar-refractivity contribution is -0.120. The molecule has 2 atom stereocenters. The molecule has 0 spiro atoms. The van der Waals surface area contributed by atoms with E-state index in [1.54, 1.807) is 0 Å². The summed E-state index contributed by atoms with van der Waals surface area (Å²) >= 11 is 0. The third-order valence-electron chi connectivity index (χ3n) is 3.34. The van der Waals surface area contributed by atoms with Gasteiger partial charge in [-0.25, -0.2) is 0 Å².